The van der Waals surface area contributed by atoms with Crippen molar-refractivity contribution >= 4 is 44.7 Å². The van der Waals surface area contributed by atoms with Crippen LogP contribution < -0.4 is 24.8 Å². The summed E-state index contributed by atoms with van der Waals surface area (Å²) in [5.41, 5.74) is -2.80. The number of sulfonamides is 1. The number of hydrogen-bond acceptors (Lipinski definition) is 10. The smallest absolute Gasteiger partial charge is 0.483 e. The summed E-state index contributed by atoms with van der Waals surface area (Å²) in [6.07, 6.45) is 1.27. The summed E-state index contributed by atoms with van der Waals surface area (Å²) >= 11 is 0. The Morgan fingerprint density at radius 2 is 1.84 bits per heavy atom. The fraction of sp³-hybridized carbons (Fsp3) is 0.558. The average Bonchev–Trinajstić information content (AvgIpc) is 3.81. The van der Waals surface area contributed by atoms with Crippen molar-refractivity contribution in [2.24, 2.45) is 5.92 Å². The third kappa shape index (κ3) is 9.61. The number of carbonyl (C=O) groups is 4. The fourth-order valence-electron chi connectivity index (χ4n) is 7.96. The highest BCUT2D eigenvalue weighted by molar-refractivity contribution is 7.91. The topological polar surface area (TPSA) is 182 Å². The summed E-state index contributed by atoms with van der Waals surface area (Å²) in [4.78, 5) is 62.5. The third-order valence-corrected chi connectivity index (χ3v) is 13.7. The van der Waals surface area contributed by atoms with Crippen molar-refractivity contribution in [2.75, 3.05) is 6.54 Å². The number of benzene rings is 1. The van der Waals surface area contributed by atoms with Gasteiger partial charge in [-0.3, -0.25) is 14.4 Å². The van der Waals surface area contributed by atoms with E-state index in [4.69, 9.17) is 9.47 Å². The van der Waals surface area contributed by atoms with Crippen molar-refractivity contribution in [3.8, 4) is 23.3 Å². The van der Waals surface area contributed by atoms with E-state index in [9.17, 15) is 40.8 Å². The predicted octanol–water partition coefficient (Wildman–Crippen LogP) is 5.81. The summed E-state index contributed by atoms with van der Waals surface area (Å²) in [6.45, 7) is 15.5. The van der Waals surface area contributed by atoms with Crippen LogP contribution in [0.4, 0.5) is 18.0 Å². The van der Waals surface area contributed by atoms with Gasteiger partial charge in [-0.25, -0.2) is 22.9 Å². The van der Waals surface area contributed by atoms with E-state index in [1.54, 1.807) is 33.8 Å². The van der Waals surface area contributed by atoms with Gasteiger partial charge in [0.25, 0.3) is 5.91 Å². The number of carbonyl (C=O) groups excluding carboxylic acids is 4. The van der Waals surface area contributed by atoms with E-state index >= 15 is 0 Å². The molecular formula is C43H52F3N5O9S. The lowest BCUT2D eigenvalue weighted by Crippen LogP contribution is -2.68. The van der Waals surface area contributed by atoms with Crippen LogP contribution in [0.15, 0.2) is 43.5 Å². The quantitative estimate of drug-likeness (QED) is 0.112. The molecule has 2 aliphatic heterocycles. The van der Waals surface area contributed by atoms with Crippen molar-refractivity contribution in [1.29, 1.82) is 0 Å². The Kier molecular flexibility index (Phi) is 12.2. The van der Waals surface area contributed by atoms with Crippen molar-refractivity contribution < 1.29 is 55.0 Å². The molecule has 0 bridgehead atoms. The van der Waals surface area contributed by atoms with Crippen LogP contribution in [-0.2, 0) is 35.6 Å². The lowest BCUT2D eigenvalue weighted by molar-refractivity contribution is -0.274. The molecule has 330 valence electrons. The molecular weight excluding hydrogens is 820 g/mol. The van der Waals surface area contributed by atoms with Crippen LogP contribution in [-0.4, -0.2) is 88.6 Å². The monoisotopic (exact) mass is 871 g/mol. The second-order valence-corrected chi connectivity index (χ2v) is 19.7. The number of nitrogens with zero attached hydrogens (tertiary/aromatic N) is 2. The summed E-state index contributed by atoms with van der Waals surface area (Å²) in [7, 11) is -4.15. The summed E-state index contributed by atoms with van der Waals surface area (Å²) in [5, 5.41) is 5.75. The Morgan fingerprint density at radius 1 is 1.11 bits per heavy atom. The van der Waals surface area contributed by atoms with Crippen LogP contribution in [0.3, 0.4) is 0 Å². The lowest BCUT2D eigenvalue weighted by Gasteiger charge is -2.38. The van der Waals surface area contributed by atoms with Crippen LogP contribution >= 0.6 is 0 Å². The molecule has 1 aromatic heterocycles. The van der Waals surface area contributed by atoms with Crippen LogP contribution in [0.1, 0.15) is 96.7 Å². The number of aromatic nitrogens is 1. The molecule has 2 aliphatic carbocycles. The lowest BCUT2D eigenvalue weighted by atomic mass is 9.76. The average molecular weight is 872 g/mol. The maximum absolute atomic E-state index is 14.8. The number of likely N-dealkylation sites (tertiary alicyclic amines) is 1. The summed E-state index contributed by atoms with van der Waals surface area (Å²) < 4.78 is 83.3. The molecule has 1 saturated carbocycles. The van der Waals surface area contributed by atoms with Gasteiger partial charge in [0.2, 0.25) is 21.8 Å². The maximum Gasteiger partial charge on any atom is 0.573 e. The first-order valence-corrected chi connectivity index (χ1v) is 21.8. The van der Waals surface area contributed by atoms with Gasteiger partial charge in [-0.05, 0) is 97.8 Å². The highest BCUT2D eigenvalue weighted by Gasteiger charge is 2.58. The minimum Gasteiger partial charge on any atom is -0.483 e. The number of ether oxygens (including phenoxy) is 3. The number of alkyl halides is 3. The molecule has 6 rings (SSSR count). The number of unbranched alkanes of at least 4 members (excludes halogenated alkanes) is 3. The Bertz CT molecular complexity index is 2310. The summed E-state index contributed by atoms with van der Waals surface area (Å²) in [5.74, 6) is 1.71. The predicted molar refractivity (Wildman–Crippen MR) is 218 cm³/mol. The van der Waals surface area contributed by atoms with Gasteiger partial charge >= 0.3 is 12.5 Å². The minimum atomic E-state index is -4.93. The minimum absolute atomic E-state index is 0.128. The van der Waals surface area contributed by atoms with Crippen molar-refractivity contribution in [2.45, 2.75) is 139 Å². The Balaban J connectivity index is 1.36. The van der Waals surface area contributed by atoms with Crippen LogP contribution in [0.5, 0.6) is 11.5 Å². The first-order valence-electron chi connectivity index (χ1n) is 20.3. The second-order valence-electron chi connectivity index (χ2n) is 17.5. The molecule has 3 N–H and O–H groups in total. The number of rotatable bonds is 15. The number of halogens is 3. The summed E-state index contributed by atoms with van der Waals surface area (Å²) in [6, 6.07) is 1.32. The molecule has 61 heavy (non-hydrogen) atoms. The van der Waals surface area contributed by atoms with Gasteiger partial charge in [-0.15, -0.1) is 26.3 Å². The van der Waals surface area contributed by atoms with Crippen molar-refractivity contribution in [3.63, 3.8) is 0 Å². The second kappa shape index (κ2) is 16.5. The molecule has 0 radical (unpaired) electrons. The normalized spacial score (nSPS) is 24.2. The first kappa shape index (κ1) is 45.2. The molecule has 4 aliphatic rings. The van der Waals surface area contributed by atoms with Gasteiger partial charge in [0.1, 0.15) is 34.8 Å². The molecule has 2 fully saturated rings. The van der Waals surface area contributed by atoms with E-state index in [0.717, 1.165) is 12.8 Å². The Hall–Kier alpha value is -5.31. The molecule has 2 aromatic rings. The molecule has 4 amide bonds. The van der Waals surface area contributed by atoms with Gasteiger partial charge < -0.3 is 29.7 Å². The van der Waals surface area contributed by atoms with E-state index in [1.807, 2.05) is 0 Å². The van der Waals surface area contributed by atoms with Gasteiger partial charge in [-0.2, -0.15) is 0 Å². The van der Waals surface area contributed by atoms with E-state index in [2.05, 4.69) is 50.1 Å². The van der Waals surface area contributed by atoms with Gasteiger partial charge in [0, 0.05) is 17.4 Å². The molecule has 1 spiro atoms. The van der Waals surface area contributed by atoms with Gasteiger partial charge in [0.15, 0.2) is 5.54 Å². The molecule has 1 saturated heterocycles. The molecule has 14 nitrogen and oxygen atoms in total. The van der Waals surface area contributed by atoms with Gasteiger partial charge in [-0.1, -0.05) is 36.8 Å². The van der Waals surface area contributed by atoms with E-state index in [1.165, 1.54) is 36.1 Å². The first-order chi connectivity index (χ1) is 28.4. The number of nitrogens with one attached hydrogen (secondary N) is 3. The largest absolute Gasteiger partial charge is 0.573 e. The number of allylic oxidation sites excluding steroid dienone is 1. The third-order valence-electron chi connectivity index (χ3n) is 11.6. The molecule has 5 unspecified atom stereocenters. The van der Waals surface area contributed by atoms with E-state index < -0.39 is 85.4 Å². The number of hydrogen-bond donors (Lipinski definition) is 3. The van der Waals surface area contributed by atoms with Crippen LogP contribution in [0.25, 0.3) is 10.9 Å². The molecule has 18 heteroatoms. The number of aryl methyl sites for hydroxylation is 2. The van der Waals surface area contributed by atoms with Crippen molar-refractivity contribution in [3.05, 3.63) is 54.8 Å². The van der Waals surface area contributed by atoms with Crippen LogP contribution in [0, 0.1) is 24.7 Å². The Labute approximate surface area is 353 Å². The SMILES string of the molecule is C=CCCCCCC(NC(=O)OC(C)(C)C)C(=O)N1CC2(CCc3c(c(C)nc4ccc(OC(F)(F)F)cc34)O2)CC1C(=O)NC1(C(=O)NS(=O)(=O)C2(C)CC2)C#CC1C=C. The molecule has 3 heterocycles. The zero-order valence-electron chi connectivity index (χ0n) is 34.9. The number of fused-ring (bicyclic) bond motifs is 3. The highest BCUT2D eigenvalue weighted by atomic mass is 32.2. The maximum atomic E-state index is 14.8. The zero-order valence-corrected chi connectivity index (χ0v) is 35.7. The number of alkyl carbamates (subject to hydrolysis) is 1. The highest BCUT2D eigenvalue weighted by Crippen LogP contribution is 2.46. The molecule has 1 aromatic carbocycles. The molecule has 5 atom stereocenters. The van der Waals surface area contributed by atoms with E-state index in [-0.39, 0.29) is 38.0 Å². The van der Waals surface area contributed by atoms with E-state index in [0.29, 0.717) is 47.8 Å². The fourth-order valence-corrected chi connectivity index (χ4v) is 9.26. The zero-order chi connectivity index (χ0) is 44.8. The Morgan fingerprint density at radius 3 is 2.44 bits per heavy atom. The van der Waals surface area contributed by atoms with Gasteiger partial charge in [0.05, 0.1) is 28.4 Å². The number of amides is 4. The number of pyridine rings is 1. The van der Waals surface area contributed by atoms with Crippen molar-refractivity contribution in [1.82, 2.24) is 25.2 Å². The standard InChI is InChI=1S/C43H52F3N5O9S/c1-8-10-11-12-13-14-32(48-38(55)60-39(4,5)6)36(53)51-25-41(19-18-29-30-23-28(58-43(44,45)46)15-16-31(30)47-26(3)34(29)59-41)24-33(51)35(52)49-42(20-17-27(42)9-2)37(54)50-61(56,57)40(7)21-22-40/h8-9,15-16,23,27,32-33H,1-2,10-14,18-19,21-22,24-25H2,3-7H3,(H,48,55)(H,49,52)(H,50,54). The van der Waals surface area contributed by atoms with Crippen LogP contribution in [0.2, 0.25) is 0 Å².